The summed E-state index contributed by atoms with van der Waals surface area (Å²) in [6.45, 7) is 1.62. The van der Waals surface area contributed by atoms with Crippen molar-refractivity contribution in [2.75, 3.05) is 20.2 Å². The SMILES string of the molecule is COc1ccccc1CNC(=O)c1ccc(-c2noc(C3CCCN(C(=O)c4ccccc4)C3)n2)cc1. The van der Waals surface area contributed by atoms with E-state index in [1.54, 1.807) is 31.4 Å². The summed E-state index contributed by atoms with van der Waals surface area (Å²) in [5.41, 5.74) is 2.87. The molecule has 0 saturated carbocycles. The van der Waals surface area contributed by atoms with Gasteiger partial charge in [0.2, 0.25) is 11.7 Å². The van der Waals surface area contributed by atoms with Gasteiger partial charge in [0.25, 0.3) is 11.8 Å². The Hall–Kier alpha value is -4.46. The second-order valence-electron chi connectivity index (χ2n) is 8.98. The summed E-state index contributed by atoms with van der Waals surface area (Å²) < 4.78 is 10.9. The number of rotatable bonds is 7. The maximum atomic E-state index is 12.9. The zero-order valence-corrected chi connectivity index (χ0v) is 20.6. The molecule has 1 fully saturated rings. The number of piperidine rings is 1. The number of amides is 2. The summed E-state index contributed by atoms with van der Waals surface area (Å²) in [6.07, 6.45) is 1.76. The third kappa shape index (κ3) is 5.53. The van der Waals surface area contributed by atoms with Gasteiger partial charge in [-0.25, -0.2) is 0 Å². The number of para-hydroxylation sites is 1. The van der Waals surface area contributed by atoms with Crippen LogP contribution in [-0.2, 0) is 6.54 Å². The second kappa shape index (κ2) is 11.1. The van der Waals surface area contributed by atoms with Gasteiger partial charge in [-0.1, -0.05) is 53.7 Å². The molecule has 1 aliphatic heterocycles. The first kappa shape index (κ1) is 24.2. The molecule has 1 aromatic heterocycles. The fourth-order valence-corrected chi connectivity index (χ4v) is 4.54. The van der Waals surface area contributed by atoms with Crippen LogP contribution >= 0.6 is 0 Å². The molecule has 37 heavy (non-hydrogen) atoms. The molecular formula is C29H28N4O4. The lowest BCUT2D eigenvalue weighted by atomic mass is 9.97. The van der Waals surface area contributed by atoms with Crippen molar-refractivity contribution in [3.63, 3.8) is 0 Å². The number of hydrogen-bond acceptors (Lipinski definition) is 6. The van der Waals surface area contributed by atoms with Gasteiger partial charge in [0.15, 0.2) is 0 Å². The molecule has 8 heteroatoms. The number of hydrogen-bond donors (Lipinski definition) is 1. The minimum atomic E-state index is -0.184. The van der Waals surface area contributed by atoms with E-state index in [2.05, 4.69) is 15.5 Å². The van der Waals surface area contributed by atoms with Gasteiger partial charge in [-0.3, -0.25) is 9.59 Å². The highest BCUT2D eigenvalue weighted by atomic mass is 16.5. The van der Waals surface area contributed by atoms with Crippen LogP contribution in [0.4, 0.5) is 0 Å². The van der Waals surface area contributed by atoms with Crippen molar-refractivity contribution in [3.8, 4) is 17.1 Å². The normalized spacial score (nSPS) is 15.3. The lowest BCUT2D eigenvalue weighted by Gasteiger charge is -2.31. The van der Waals surface area contributed by atoms with E-state index >= 15 is 0 Å². The number of aromatic nitrogens is 2. The molecule has 2 heterocycles. The van der Waals surface area contributed by atoms with E-state index in [4.69, 9.17) is 9.26 Å². The van der Waals surface area contributed by atoms with Crippen LogP contribution in [0.5, 0.6) is 5.75 Å². The molecule has 2 amide bonds. The van der Waals surface area contributed by atoms with E-state index in [0.717, 1.165) is 29.7 Å². The zero-order valence-electron chi connectivity index (χ0n) is 20.6. The van der Waals surface area contributed by atoms with Gasteiger partial charge in [0.1, 0.15) is 5.75 Å². The third-order valence-electron chi connectivity index (χ3n) is 6.56. The lowest BCUT2D eigenvalue weighted by molar-refractivity contribution is 0.0695. The maximum Gasteiger partial charge on any atom is 0.253 e. The van der Waals surface area contributed by atoms with E-state index in [1.807, 2.05) is 59.5 Å². The molecule has 1 atom stereocenters. The predicted molar refractivity (Wildman–Crippen MR) is 138 cm³/mol. The molecule has 1 aliphatic rings. The Morgan fingerprint density at radius 2 is 1.76 bits per heavy atom. The van der Waals surface area contributed by atoms with Gasteiger partial charge in [0.05, 0.1) is 13.0 Å². The summed E-state index contributed by atoms with van der Waals surface area (Å²) in [6, 6.07) is 24.0. The van der Waals surface area contributed by atoms with Gasteiger partial charge in [-0.05, 0) is 43.2 Å². The van der Waals surface area contributed by atoms with Crippen molar-refractivity contribution in [2.45, 2.75) is 25.3 Å². The van der Waals surface area contributed by atoms with Gasteiger partial charge < -0.3 is 19.5 Å². The van der Waals surface area contributed by atoms with Crippen molar-refractivity contribution in [1.29, 1.82) is 0 Å². The molecule has 5 rings (SSSR count). The molecule has 0 aliphatic carbocycles. The highest BCUT2D eigenvalue weighted by Crippen LogP contribution is 2.28. The predicted octanol–water partition coefficient (Wildman–Crippen LogP) is 4.70. The van der Waals surface area contributed by atoms with Crippen molar-refractivity contribution < 1.29 is 18.8 Å². The summed E-state index contributed by atoms with van der Waals surface area (Å²) >= 11 is 0. The van der Waals surface area contributed by atoms with Crippen LogP contribution in [0.3, 0.4) is 0 Å². The number of nitrogens with zero attached hydrogens (tertiary/aromatic N) is 3. The Balaban J connectivity index is 1.21. The molecule has 3 aromatic carbocycles. The van der Waals surface area contributed by atoms with Gasteiger partial charge in [-0.2, -0.15) is 4.98 Å². The van der Waals surface area contributed by atoms with Crippen LogP contribution in [0.2, 0.25) is 0 Å². The van der Waals surface area contributed by atoms with Crippen LogP contribution in [0.25, 0.3) is 11.4 Å². The van der Waals surface area contributed by atoms with Gasteiger partial charge >= 0.3 is 0 Å². The quantitative estimate of drug-likeness (QED) is 0.399. The molecule has 0 spiro atoms. The number of benzene rings is 3. The minimum absolute atomic E-state index is 0.0114. The number of carbonyl (C=O) groups is 2. The molecular weight excluding hydrogens is 468 g/mol. The lowest BCUT2D eigenvalue weighted by Crippen LogP contribution is -2.39. The Labute approximate surface area is 215 Å². The van der Waals surface area contributed by atoms with Crippen LogP contribution in [0.1, 0.15) is 50.9 Å². The van der Waals surface area contributed by atoms with Crippen molar-refractivity contribution in [2.24, 2.45) is 0 Å². The van der Waals surface area contributed by atoms with Crippen LogP contribution < -0.4 is 10.1 Å². The summed E-state index contributed by atoms with van der Waals surface area (Å²) in [4.78, 5) is 32.0. The Bertz CT molecular complexity index is 1370. The van der Waals surface area contributed by atoms with E-state index in [1.165, 1.54) is 0 Å². The van der Waals surface area contributed by atoms with Crippen LogP contribution in [-0.4, -0.2) is 47.1 Å². The topological polar surface area (TPSA) is 97.6 Å². The standard InChI is InChI=1S/C29H28N4O4/c1-36-25-12-6-5-10-23(25)18-30-27(34)21-15-13-20(14-16-21)26-31-28(37-32-26)24-11-7-17-33(19-24)29(35)22-8-3-2-4-9-22/h2-6,8-10,12-16,24H,7,11,17-19H2,1H3,(H,30,34). The van der Waals surface area contributed by atoms with Gasteiger partial charge in [0, 0.05) is 41.9 Å². The summed E-state index contributed by atoms with van der Waals surface area (Å²) in [5, 5.41) is 7.08. The van der Waals surface area contributed by atoms with Gasteiger partial charge in [-0.15, -0.1) is 0 Å². The number of methoxy groups -OCH3 is 1. The maximum absolute atomic E-state index is 12.9. The van der Waals surface area contributed by atoms with Crippen molar-refractivity contribution in [1.82, 2.24) is 20.4 Å². The molecule has 8 nitrogen and oxygen atoms in total. The molecule has 188 valence electrons. The Morgan fingerprint density at radius 1 is 1.00 bits per heavy atom. The molecule has 0 bridgehead atoms. The van der Waals surface area contributed by atoms with E-state index in [0.29, 0.717) is 42.5 Å². The number of nitrogens with one attached hydrogen (secondary N) is 1. The van der Waals surface area contributed by atoms with E-state index in [9.17, 15) is 9.59 Å². The van der Waals surface area contributed by atoms with Crippen LogP contribution in [0.15, 0.2) is 83.4 Å². The highest BCUT2D eigenvalue weighted by molar-refractivity contribution is 5.95. The molecule has 0 radical (unpaired) electrons. The zero-order chi connectivity index (χ0) is 25.6. The van der Waals surface area contributed by atoms with E-state index < -0.39 is 0 Å². The first-order chi connectivity index (χ1) is 18.1. The monoisotopic (exact) mass is 496 g/mol. The Morgan fingerprint density at radius 3 is 2.54 bits per heavy atom. The molecule has 1 saturated heterocycles. The fourth-order valence-electron chi connectivity index (χ4n) is 4.54. The average molecular weight is 497 g/mol. The van der Waals surface area contributed by atoms with Crippen LogP contribution in [0, 0.1) is 0 Å². The number of carbonyl (C=O) groups excluding carboxylic acids is 2. The van der Waals surface area contributed by atoms with E-state index in [-0.39, 0.29) is 17.7 Å². The largest absolute Gasteiger partial charge is 0.496 e. The smallest absolute Gasteiger partial charge is 0.253 e. The summed E-state index contributed by atoms with van der Waals surface area (Å²) in [7, 11) is 1.61. The number of ether oxygens (including phenoxy) is 1. The van der Waals surface area contributed by atoms with Crippen molar-refractivity contribution in [3.05, 3.63) is 101 Å². The first-order valence-electron chi connectivity index (χ1n) is 12.3. The molecule has 1 unspecified atom stereocenters. The third-order valence-corrected chi connectivity index (χ3v) is 6.56. The number of likely N-dealkylation sites (tertiary alicyclic amines) is 1. The Kier molecular flexibility index (Phi) is 7.26. The highest BCUT2D eigenvalue weighted by Gasteiger charge is 2.29. The first-order valence-corrected chi connectivity index (χ1v) is 12.3. The fraction of sp³-hybridized carbons (Fsp3) is 0.241. The molecule has 1 N–H and O–H groups in total. The minimum Gasteiger partial charge on any atom is -0.496 e. The second-order valence-corrected chi connectivity index (χ2v) is 8.98. The van der Waals surface area contributed by atoms with Crippen molar-refractivity contribution >= 4 is 11.8 Å². The molecule has 4 aromatic rings. The average Bonchev–Trinajstić information content (AvgIpc) is 3.47. The summed E-state index contributed by atoms with van der Waals surface area (Å²) in [5.74, 6) is 1.54.